The van der Waals surface area contributed by atoms with Crippen molar-refractivity contribution in [1.29, 1.82) is 0 Å². The van der Waals surface area contributed by atoms with Gasteiger partial charge in [0.2, 0.25) is 0 Å². The normalized spacial score (nSPS) is 23.9. The standard InChI is InChI=1S/C15H20ClNO/c1-2-11-7-8-17-12(9-11)10-15(18)13-5-3-4-6-14(13)16/h3-6,11-12,17H,2,7-10H2,1H3. The Morgan fingerprint density at radius 1 is 1.44 bits per heavy atom. The first kappa shape index (κ1) is 13.6. The van der Waals surface area contributed by atoms with Crippen LogP contribution in [0.2, 0.25) is 5.02 Å². The summed E-state index contributed by atoms with van der Waals surface area (Å²) in [4.78, 5) is 12.2. The number of benzene rings is 1. The van der Waals surface area contributed by atoms with Crippen LogP contribution < -0.4 is 5.32 Å². The van der Waals surface area contributed by atoms with Gasteiger partial charge in [0, 0.05) is 18.0 Å². The van der Waals surface area contributed by atoms with Crippen molar-refractivity contribution >= 4 is 17.4 Å². The third kappa shape index (κ3) is 3.33. The second kappa shape index (κ2) is 6.35. The Kier molecular flexibility index (Phi) is 4.79. The van der Waals surface area contributed by atoms with Crippen molar-refractivity contribution in [2.45, 2.75) is 38.6 Å². The summed E-state index contributed by atoms with van der Waals surface area (Å²) in [5, 5.41) is 4.00. The topological polar surface area (TPSA) is 29.1 Å². The molecule has 0 saturated carbocycles. The Bertz CT molecular complexity index is 419. The number of nitrogens with one attached hydrogen (secondary N) is 1. The number of halogens is 1. The summed E-state index contributed by atoms with van der Waals surface area (Å²) in [5.74, 6) is 0.908. The van der Waals surface area contributed by atoms with Crippen LogP contribution in [0, 0.1) is 5.92 Å². The van der Waals surface area contributed by atoms with Crippen molar-refractivity contribution < 1.29 is 4.79 Å². The van der Waals surface area contributed by atoms with E-state index in [1.807, 2.05) is 18.2 Å². The van der Waals surface area contributed by atoms with E-state index >= 15 is 0 Å². The minimum absolute atomic E-state index is 0.148. The van der Waals surface area contributed by atoms with Crippen LogP contribution in [0.4, 0.5) is 0 Å². The number of carbonyl (C=O) groups excluding carboxylic acids is 1. The van der Waals surface area contributed by atoms with Crippen LogP contribution in [-0.2, 0) is 0 Å². The highest BCUT2D eigenvalue weighted by molar-refractivity contribution is 6.33. The first-order valence-electron chi connectivity index (χ1n) is 6.71. The van der Waals surface area contributed by atoms with E-state index in [1.54, 1.807) is 6.07 Å². The molecule has 1 aliphatic heterocycles. The molecule has 0 aliphatic carbocycles. The monoisotopic (exact) mass is 265 g/mol. The van der Waals surface area contributed by atoms with Crippen molar-refractivity contribution in [3.8, 4) is 0 Å². The van der Waals surface area contributed by atoms with Crippen LogP contribution in [0.25, 0.3) is 0 Å². The predicted molar refractivity (Wildman–Crippen MR) is 75.2 cm³/mol. The second-order valence-corrected chi connectivity index (χ2v) is 5.46. The number of carbonyl (C=O) groups is 1. The molecule has 2 rings (SSSR count). The molecule has 0 spiro atoms. The molecule has 0 aromatic heterocycles. The van der Waals surface area contributed by atoms with Gasteiger partial charge in [-0.3, -0.25) is 4.79 Å². The fourth-order valence-corrected chi connectivity index (χ4v) is 2.88. The Labute approximate surface area is 114 Å². The molecule has 1 N–H and O–H groups in total. The number of hydrogen-bond donors (Lipinski definition) is 1. The largest absolute Gasteiger partial charge is 0.314 e. The Morgan fingerprint density at radius 2 is 2.22 bits per heavy atom. The summed E-state index contributed by atoms with van der Waals surface area (Å²) in [7, 11) is 0. The highest BCUT2D eigenvalue weighted by Gasteiger charge is 2.23. The van der Waals surface area contributed by atoms with Gasteiger partial charge in [-0.1, -0.05) is 37.1 Å². The summed E-state index contributed by atoms with van der Waals surface area (Å²) >= 11 is 6.05. The SMILES string of the molecule is CCC1CCNC(CC(=O)c2ccccc2Cl)C1. The van der Waals surface area contributed by atoms with Gasteiger partial charge in [0.1, 0.15) is 0 Å². The van der Waals surface area contributed by atoms with E-state index < -0.39 is 0 Å². The smallest absolute Gasteiger partial charge is 0.165 e. The zero-order valence-electron chi connectivity index (χ0n) is 10.8. The minimum atomic E-state index is 0.148. The van der Waals surface area contributed by atoms with Gasteiger partial charge in [0.25, 0.3) is 0 Å². The highest BCUT2D eigenvalue weighted by atomic mass is 35.5. The third-order valence-electron chi connectivity index (χ3n) is 3.79. The van der Waals surface area contributed by atoms with Crippen LogP contribution in [0.15, 0.2) is 24.3 Å². The van der Waals surface area contributed by atoms with Gasteiger partial charge in [0.05, 0.1) is 5.02 Å². The van der Waals surface area contributed by atoms with Gasteiger partial charge < -0.3 is 5.32 Å². The van der Waals surface area contributed by atoms with E-state index in [2.05, 4.69) is 12.2 Å². The Hall–Kier alpha value is -0.860. The van der Waals surface area contributed by atoms with E-state index in [9.17, 15) is 4.79 Å². The summed E-state index contributed by atoms with van der Waals surface area (Å²) in [6.45, 7) is 3.25. The maximum Gasteiger partial charge on any atom is 0.165 e. The molecule has 98 valence electrons. The molecule has 1 fully saturated rings. The molecular weight excluding hydrogens is 246 g/mol. The van der Waals surface area contributed by atoms with E-state index in [4.69, 9.17) is 11.6 Å². The Morgan fingerprint density at radius 3 is 2.94 bits per heavy atom. The van der Waals surface area contributed by atoms with E-state index in [0.717, 1.165) is 18.9 Å². The van der Waals surface area contributed by atoms with Crippen molar-refractivity contribution in [2.24, 2.45) is 5.92 Å². The van der Waals surface area contributed by atoms with Crippen molar-refractivity contribution in [1.82, 2.24) is 5.32 Å². The van der Waals surface area contributed by atoms with Crippen LogP contribution >= 0.6 is 11.6 Å². The summed E-state index contributed by atoms with van der Waals surface area (Å²) in [5.41, 5.74) is 0.652. The van der Waals surface area contributed by atoms with Gasteiger partial charge in [0.15, 0.2) is 5.78 Å². The lowest BCUT2D eigenvalue weighted by molar-refractivity contribution is 0.0957. The van der Waals surface area contributed by atoms with Crippen LogP contribution in [0.5, 0.6) is 0 Å². The molecular formula is C15H20ClNO. The molecule has 18 heavy (non-hydrogen) atoms. The maximum absolute atomic E-state index is 12.2. The fraction of sp³-hybridized carbons (Fsp3) is 0.533. The molecule has 1 aromatic carbocycles. The highest BCUT2D eigenvalue weighted by Crippen LogP contribution is 2.23. The molecule has 2 nitrogen and oxygen atoms in total. The van der Waals surface area contributed by atoms with E-state index in [-0.39, 0.29) is 5.78 Å². The molecule has 3 heteroatoms. The fourth-order valence-electron chi connectivity index (χ4n) is 2.64. The zero-order valence-corrected chi connectivity index (χ0v) is 11.5. The molecule has 1 aromatic rings. The number of piperidine rings is 1. The molecule has 2 unspecified atom stereocenters. The lowest BCUT2D eigenvalue weighted by atomic mass is 9.87. The zero-order chi connectivity index (χ0) is 13.0. The summed E-state index contributed by atoms with van der Waals surface area (Å²) in [6.07, 6.45) is 4.10. The van der Waals surface area contributed by atoms with Crippen LogP contribution in [0.3, 0.4) is 0 Å². The summed E-state index contributed by atoms with van der Waals surface area (Å²) < 4.78 is 0. The van der Waals surface area contributed by atoms with Gasteiger partial charge in [-0.25, -0.2) is 0 Å². The van der Waals surface area contributed by atoms with Gasteiger partial charge in [-0.15, -0.1) is 0 Å². The number of ketones is 1. The lowest BCUT2D eigenvalue weighted by Gasteiger charge is -2.29. The van der Waals surface area contributed by atoms with Crippen molar-refractivity contribution in [2.75, 3.05) is 6.54 Å². The number of rotatable bonds is 4. The average molecular weight is 266 g/mol. The van der Waals surface area contributed by atoms with Gasteiger partial charge in [-0.2, -0.15) is 0 Å². The third-order valence-corrected chi connectivity index (χ3v) is 4.12. The summed E-state index contributed by atoms with van der Waals surface area (Å²) in [6, 6.07) is 7.61. The van der Waals surface area contributed by atoms with Crippen LogP contribution in [-0.4, -0.2) is 18.4 Å². The van der Waals surface area contributed by atoms with Crippen LogP contribution in [0.1, 0.15) is 43.0 Å². The molecule has 0 bridgehead atoms. The molecule has 1 aliphatic rings. The first-order chi connectivity index (χ1) is 8.70. The number of hydrogen-bond acceptors (Lipinski definition) is 2. The molecule has 0 amide bonds. The van der Waals surface area contributed by atoms with Crippen molar-refractivity contribution in [3.05, 3.63) is 34.9 Å². The molecule has 1 saturated heterocycles. The lowest BCUT2D eigenvalue weighted by Crippen LogP contribution is -2.39. The quantitative estimate of drug-likeness (QED) is 0.842. The van der Waals surface area contributed by atoms with Gasteiger partial charge >= 0.3 is 0 Å². The predicted octanol–water partition coefficient (Wildman–Crippen LogP) is 3.69. The van der Waals surface area contributed by atoms with E-state index in [0.29, 0.717) is 23.0 Å². The minimum Gasteiger partial charge on any atom is -0.314 e. The second-order valence-electron chi connectivity index (χ2n) is 5.06. The maximum atomic E-state index is 12.2. The first-order valence-corrected chi connectivity index (χ1v) is 7.09. The molecule has 1 heterocycles. The molecule has 0 radical (unpaired) electrons. The molecule has 2 atom stereocenters. The van der Waals surface area contributed by atoms with Gasteiger partial charge in [-0.05, 0) is 37.4 Å². The number of Topliss-reactive ketones (excluding diaryl/α,β-unsaturated/α-hetero) is 1. The Balaban J connectivity index is 1.97. The average Bonchev–Trinajstić information content (AvgIpc) is 2.39. The van der Waals surface area contributed by atoms with Crippen molar-refractivity contribution in [3.63, 3.8) is 0 Å². The van der Waals surface area contributed by atoms with E-state index in [1.165, 1.54) is 12.8 Å².